The van der Waals surface area contributed by atoms with Gasteiger partial charge in [0.25, 0.3) is 5.91 Å². The van der Waals surface area contributed by atoms with Gasteiger partial charge in [0.2, 0.25) is 10.0 Å². The van der Waals surface area contributed by atoms with Crippen LogP contribution in [0.2, 0.25) is 5.02 Å². The van der Waals surface area contributed by atoms with Crippen LogP contribution >= 0.6 is 11.6 Å². The van der Waals surface area contributed by atoms with Gasteiger partial charge in [-0.25, -0.2) is 8.42 Å². The molecule has 9 heteroatoms. The van der Waals surface area contributed by atoms with Crippen molar-refractivity contribution >= 4 is 33.2 Å². The molecule has 7 nitrogen and oxygen atoms in total. The molecule has 1 aliphatic rings. The molecule has 0 bridgehead atoms. The normalized spacial score (nSPS) is 16.8. The van der Waals surface area contributed by atoms with Gasteiger partial charge in [-0.2, -0.15) is 4.31 Å². The van der Waals surface area contributed by atoms with Gasteiger partial charge in [0.15, 0.2) is 6.10 Å². The second-order valence-corrected chi connectivity index (χ2v) is 9.76. The number of nitrogens with zero attached hydrogens (tertiary/aromatic N) is 2. The summed E-state index contributed by atoms with van der Waals surface area (Å²) in [5.74, 6) is 0.146. The fourth-order valence-corrected chi connectivity index (χ4v) is 4.66. The first kappa shape index (κ1) is 22.6. The van der Waals surface area contributed by atoms with Gasteiger partial charge in [-0.05, 0) is 51.2 Å². The number of hydrogen-bond donors (Lipinski definition) is 1. The first-order chi connectivity index (χ1) is 14.2. The number of anilines is 1. The first-order valence-corrected chi connectivity index (χ1v) is 11.5. The van der Waals surface area contributed by atoms with E-state index in [-0.39, 0.29) is 15.6 Å². The molecule has 3 rings (SSSR count). The van der Waals surface area contributed by atoms with E-state index in [1.807, 2.05) is 26.1 Å². The predicted octanol–water partition coefficient (Wildman–Crippen LogP) is 2.99. The Morgan fingerprint density at radius 1 is 1.10 bits per heavy atom. The molecule has 0 aromatic heterocycles. The number of aryl methyl sites for hydroxylation is 1. The predicted molar refractivity (Wildman–Crippen MR) is 118 cm³/mol. The molecule has 1 aliphatic heterocycles. The molecule has 0 radical (unpaired) electrons. The second-order valence-electron chi connectivity index (χ2n) is 7.41. The third-order valence-electron chi connectivity index (χ3n) is 5.00. The van der Waals surface area contributed by atoms with Gasteiger partial charge in [0.1, 0.15) is 5.75 Å². The molecule has 0 aliphatic carbocycles. The summed E-state index contributed by atoms with van der Waals surface area (Å²) in [5, 5.41) is 2.93. The molecule has 1 saturated heterocycles. The molecular formula is C21H26ClN3O4S. The number of nitrogens with one attached hydrogen (secondary N) is 1. The van der Waals surface area contributed by atoms with Crippen molar-refractivity contribution in [2.75, 3.05) is 38.5 Å². The number of ether oxygens (including phenoxy) is 1. The number of benzene rings is 2. The smallest absolute Gasteiger partial charge is 0.265 e. The van der Waals surface area contributed by atoms with Crippen molar-refractivity contribution in [1.29, 1.82) is 0 Å². The molecule has 0 spiro atoms. The van der Waals surface area contributed by atoms with Crippen LogP contribution in [0.5, 0.6) is 5.75 Å². The van der Waals surface area contributed by atoms with Crippen LogP contribution in [-0.4, -0.2) is 62.9 Å². The summed E-state index contributed by atoms with van der Waals surface area (Å²) in [7, 11) is -1.71. The molecule has 1 N–H and O–H groups in total. The summed E-state index contributed by atoms with van der Waals surface area (Å²) in [5.41, 5.74) is 1.32. The van der Waals surface area contributed by atoms with Crippen LogP contribution in [0.3, 0.4) is 0 Å². The number of hydrogen-bond acceptors (Lipinski definition) is 5. The third kappa shape index (κ3) is 5.31. The molecule has 1 heterocycles. The van der Waals surface area contributed by atoms with Gasteiger partial charge < -0.3 is 15.0 Å². The summed E-state index contributed by atoms with van der Waals surface area (Å²) < 4.78 is 33.1. The Labute approximate surface area is 182 Å². The van der Waals surface area contributed by atoms with E-state index in [2.05, 4.69) is 10.2 Å². The fourth-order valence-electron chi connectivity index (χ4n) is 3.05. The first-order valence-electron chi connectivity index (χ1n) is 9.69. The van der Waals surface area contributed by atoms with E-state index in [4.69, 9.17) is 16.3 Å². The number of rotatable bonds is 6. The number of amides is 1. The number of carbonyl (C=O) groups excluding carboxylic acids is 1. The molecule has 1 amide bonds. The Balaban J connectivity index is 1.73. The molecule has 1 fully saturated rings. The fraction of sp³-hybridized carbons (Fsp3) is 0.381. The average Bonchev–Trinajstić information content (AvgIpc) is 2.71. The zero-order valence-electron chi connectivity index (χ0n) is 17.3. The van der Waals surface area contributed by atoms with E-state index in [1.54, 1.807) is 19.1 Å². The highest BCUT2D eigenvalue weighted by atomic mass is 35.5. The van der Waals surface area contributed by atoms with E-state index in [9.17, 15) is 13.2 Å². The summed E-state index contributed by atoms with van der Waals surface area (Å²) in [6, 6.07) is 11.7. The van der Waals surface area contributed by atoms with Crippen molar-refractivity contribution < 1.29 is 17.9 Å². The Morgan fingerprint density at radius 2 is 1.73 bits per heavy atom. The Hall–Kier alpha value is -2.13. The van der Waals surface area contributed by atoms with Gasteiger partial charge >= 0.3 is 0 Å². The molecule has 0 saturated carbocycles. The van der Waals surface area contributed by atoms with Crippen LogP contribution in [0.4, 0.5) is 5.69 Å². The average molecular weight is 452 g/mol. The Bertz CT molecular complexity index is 1000. The van der Waals surface area contributed by atoms with Crippen molar-refractivity contribution in [2.24, 2.45) is 0 Å². The lowest BCUT2D eigenvalue weighted by molar-refractivity contribution is -0.122. The van der Waals surface area contributed by atoms with Crippen LogP contribution in [0.1, 0.15) is 12.5 Å². The summed E-state index contributed by atoms with van der Waals surface area (Å²) in [4.78, 5) is 14.7. The number of halogens is 1. The van der Waals surface area contributed by atoms with Gasteiger partial charge in [-0.15, -0.1) is 0 Å². The van der Waals surface area contributed by atoms with Crippen molar-refractivity contribution in [1.82, 2.24) is 9.21 Å². The minimum absolute atomic E-state index is 0.0962. The van der Waals surface area contributed by atoms with Crippen molar-refractivity contribution in [3.63, 3.8) is 0 Å². The highest BCUT2D eigenvalue weighted by Gasteiger charge is 2.28. The highest BCUT2D eigenvalue weighted by Crippen LogP contribution is 2.28. The number of sulfonamides is 1. The molecule has 2 aromatic carbocycles. The molecular weight excluding hydrogens is 426 g/mol. The number of carbonyl (C=O) groups is 1. The van der Waals surface area contributed by atoms with Gasteiger partial charge in [0, 0.05) is 26.2 Å². The molecule has 2 aromatic rings. The van der Waals surface area contributed by atoms with Gasteiger partial charge in [-0.3, -0.25) is 4.79 Å². The molecule has 30 heavy (non-hydrogen) atoms. The van der Waals surface area contributed by atoms with Crippen LogP contribution in [-0.2, 0) is 14.8 Å². The second kappa shape index (κ2) is 9.34. The van der Waals surface area contributed by atoms with Crippen LogP contribution in [0.25, 0.3) is 0 Å². The van der Waals surface area contributed by atoms with Gasteiger partial charge in [-0.1, -0.05) is 29.3 Å². The van der Waals surface area contributed by atoms with Crippen LogP contribution in [0, 0.1) is 6.92 Å². The van der Waals surface area contributed by atoms with Crippen molar-refractivity contribution in [3.05, 3.63) is 53.1 Å². The van der Waals surface area contributed by atoms with Gasteiger partial charge in [0.05, 0.1) is 15.6 Å². The molecule has 162 valence electrons. The zero-order valence-corrected chi connectivity index (χ0v) is 18.8. The van der Waals surface area contributed by atoms with E-state index < -0.39 is 22.0 Å². The Morgan fingerprint density at radius 3 is 2.37 bits per heavy atom. The van der Waals surface area contributed by atoms with E-state index in [0.717, 1.165) is 5.56 Å². The standard InChI is InChI=1S/C21H26ClN3O4S/c1-15-4-6-17(7-5-15)29-16(2)21(26)23-20-14-18(8-9-19(20)22)30(27,28)25-12-10-24(3)11-13-25/h4-9,14,16H,10-13H2,1-3H3,(H,23,26)/t16-/m1/s1. The third-order valence-corrected chi connectivity index (χ3v) is 7.22. The Kier molecular flexibility index (Phi) is 7.02. The van der Waals surface area contributed by atoms with E-state index in [1.165, 1.54) is 22.5 Å². The topological polar surface area (TPSA) is 78.9 Å². The van der Waals surface area contributed by atoms with Crippen molar-refractivity contribution in [2.45, 2.75) is 24.8 Å². The number of piperazine rings is 1. The van der Waals surface area contributed by atoms with E-state index in [0.29, 0.717) is 31.9 Å². The minimum atomic E-state index is -3.67. The molecule has 0 unspecified atom stereocenters. The zero-order chi connectivity index (χ0) is 21.9. The summed E-state index contributed by atoms with van der Waals surface area (Å²) >= 11 is 6.21. The monoisotopic (exact) mass is 451 g/mol. The maximum absolute atomic E-state index is 13.0. The highest BCUT2D eigenvalue weighted by molar-refractivity contribution is 7.89. The van der Waals surface area contributed by atoms with Crippen LogP contribution in [0.15, 0.2) is 47.4 Å². The largest absolute Gasteiger partial charge is 0.481 e. The van der Waals surface area contributed by atoms with Crippen molar-refractivity contribution in [3.8, 4) is 5.75 Å². The maximum Gasteiger partial charge on any atom is 0.265 e. The van der Waals surface area contributed by atoms with E-state index >= 15 is 0 Å². The lowest BCUT2D eigenvalue weighted by atomic mass is 10.2. The SMILES string of the molecule is Cc1ccc(O[C@H](C)C(=O)Nc2cc(S(=O)(=O)N3CCN(C)CC3)ccc2Cl)cc1. The molecule has 1 atom stereocenters. The maximum atomic E-state index is 13.0. The summed E-state index contributed by atoms with van der Waals surface area (Å²) in [6.45, 7) is 5.77. The van der Waals surface area contributed by atoms with Crippen LogP contribution < -0.4 is 10.1 Å². The lowest BCUT2D eigenvalue weighted by Gasteiger charge is -2.31. The lowest BCUT2D eigenvalue weighted by Crippen LogP contribution is -2.47. The number of likely N-dealkylation sites (N-methyl/N-ethyl adjacent to an activating group) is 1. The quantitative estimate of drug-likeness (QED) is 0.730. The minimum Gasteiger partial charge on any atom is -0.481 e. The summed E-state index contributed by atoms with van der Waals surface area (Å²) in [6.07, 6.45) is -0.790.